The number of H-pyrrole nitrogens is 1. The van der Waals surface area contributed by atoms with Crippen LogP contribution in [-0.2, 0) is 16.1 Å². The largest absolute Gasteiger partial charge is 0.345 e. The lowest BCUT2D eigenvalue weighted by molar-refractivity contribution is -0.124. The summed E-state index contributed by atoms with van der Waals surface area (Å²) in [7, 11) is 0. The van der Waals surface area contributed by atoms with Crippen LogP contribution < -0.4 is 10.6 Å². The van der Waals surface area contributed by atoms with Gasteiger partial charge < -0.3 is 10.6 Å². The van der Waals surface area contributed by atoms with Crippen LogP contribution in [0.2, 0.25) is 5.02 Å². The number of para-hydroxylation sites is 1. The van der Waals surface area contributed by atoms with Gasteiger partial charge >= 0.3 is 0 Å². The molecule has 0 radical (unpaired) electrons. The first-order chi connectivity index (χ1) is 13.8. The minimum Gasteiger partial charge on any atom is -0.345 e. The van der Waals surface area contributed by atoms with E-state index in [1.165, 1.54) is 0 Å². The molecule has 29 heavy (non-hydrogen) atoms. The fraction of sp³-hybridized carbons (Fsp3) is 0.200. The zero-order valence-electron chi connectivity index (χ0n) is 16.0. The number of halogens is 1. The first kappa shape index (κ1) is 20.8. The molecule has 2 aromatic carbocycles. The van der Waals surface area contributed by atoms with E-state index in [9.17, 15) is 9.59 Å². The summed E-state index contributed by atoms with van der Waals surface area (Å²) in [6, 6.07) is 12.8. The van der Waals surface area contributed by atoms with Gasteiger partial charge in [-0.05, 0) is 61.5 Å². The molecule has 150 valence electrons. The first-order valence-electron chi connectivity index (χ1n) is 8.89. The van der Waals surface area contributed by atoms with Gasteiger partial charge in [0.2, 0.25) is 11.8 Å². The lowest BCUT2D eigenvalue weighted by Gasteiger charge is -2.12. The molecule has 0 saturated heterocycles. The Balaban J connectivity index is 1.63. The topological polar surface area (TPSA) is 91.8 Å². The van der Waals surface area contributed by atoms with Gasteiger partial charge in [-0.15, -0.1) is 0 Å². The van der Waals surface area contributed by atoms with Crippen molar-refractivity contribution in [2.24, 2.45) is 0 Å². The van der Waals surface area contributed by atoms with E-state index in [-0.39, 0.29) is 24.9 Å². The van der Waals surface area contributed by atoms with Crippen molar-refractivity contribution in [3.8, 4) is 11.4 Å². The van der Waals surface area contributed by atoms with Gasteiger partial charge in [0.05, 0.1) is 6.54 Å². The third kappa shape index (κ3) is 5.10. The van der Waals surface area contributed by atoms with Gasteiger partial charge in [-0.1, -0.05) is 29.8 Å². The van der Waals surface area contributed by atoms with E-state index in [4.69, 9.17) is 23.8 Å². The molecule has 1 heterocycles. The third-order valence-electron chi connectivity index (χ3n) is 4.35. The molecule has 3 N–H and O–H groups in total. The number of anilines is 1. The average molecular weight is 430 g/mol. The van der Waals surface area contributed by atoms with Crippen molar-refractivity contribution < 1.29 is 9.59 Å². The van der Waals surface area contributed by atoms with Crippen LogP contribution in [0.3, 0.4) is 0 Å². The lowest BCUT2D eigenvalue weighted by Crippen LogP contribution is -2.35. The van der Waals surface area contributed by atoms with Gasteiger partial charge in [-0.3, -0.25) is 19.3 Å². The second-order valence-corrected chi connectivity index (χ2v) is 7.36. The number of benzene rings is 2. The summed E-state index contributed by atoms with van der Waals surface area (Å²) in [6.07, 6.45) is 0. The van der Waals surface area contributed by atoms with E-state index in [2.05, 4.69) is 20.8 Å². The maximum atomic E-state index is 12.4. The van der Waals surface area contributed by atoms with Crippen molar-refractivity contribution >= 4 is 41.3 Å². The number of hydrogen-bond acceptors (Lipinski definition) is 4. The summed E-state index contributed by atoms with van der Waals surface area (Å²) in [5.74, 6) is -0.138. The van der Waals surface area contributed by atoms with Crippen LogP contribution >= 0.6 is 23.8 Å². The molecular formula is C20H20ClN5O2S. The summed E-state index contributed by atoms with van der Waals surface area (Å²) >= 11 is 11.1. The van der Waals surface area contributed by atoms with E-state index in [0.717, 1.165) is 22.4 Å². The van der Waals surface area contributed by atoms with Crippen LogP contribution in [0.1, 0.15) is 11.1 Å². The van der Waals surface area contributed by atoms with Gasteiger partial charge in [0.15, 0.2) is 10.6 Å². The predicted molar refractivity (Wildman–Crippen MR) is 115 cm³/mol. The molecule has 2 amide bonds. The van der Waals surface area contributed by atoms with E-state index in [1.807, 2.05) is 32.0 Å². The number of nitrogens with one attached hydrogen (secondary N) is 3. The zero-order chi connectivity index (χ0) is 21.0. The number of carbonyl (C=O) groups is 2. The molecule has 7 nitrogen and oxygen atoms in total. The molecule has 0 unspecified atom stereocenters. The number of aromatic nitrogens is 3. The minimum atomic E-state index is -0.352. The van der Waals surface area contributed by atoms with E-state index < -0.39 is 0 Å². The molecule has 3 aromatic rings. The van der Waals surface area contributed by atoms with Crippen molar-refractivity contribution in [1.29, 1.82) is 0 Å². The van der Waals surface area contributed by atoms with Crippen molar-refractivity contribution in [2.75, 3.05) is 11.9 Å². The van der Waals surface area contributed by atoms with Crippen molar-refractivity contribution in [3.63, 3.8) is 0 Å². The van der Waals surface area contributed by atoms with Gasteiger partial charge in [-0.2, -0.15) is 5.10 Å². The fourth-order valence-electron chi connectivity index (χ4n) is 2.86. The summed E-state index contributed by atoms with van der Waals surface area (Å²) in [6.45, 7) is 3.62. The molecular weight excluding hydrogens is 410 g/mol. The number of aromatic amines is 1. The van der Waals surface area contributed by atoms with Crippen molar-refractivity contribution in [2.45, 2.75) is 20.4 Å². The second kappa shape index (κ2) is 9.02. The SMILES string of the molecule is Cc1cccc(C)c1NC(=O)CNC(=O)Cn1c(-c2ccc(Cl)cc2)n[nH]c1=S. The van der Waals surface area contributed by atoms with Gasteiger partial charge in [-0.25, -0.2) is 0 Å². The van der Waals surface area contributed by atoms with Crippen molar-refractivity contribution in [3.05, 3.63) is 63.4 Å². The van der Waals surface area contributed by atoms with Gasteiger partial charge in [0.25, 0.3) is 0 Å². The molecule has 0 aliphatic rings. The van der Waals surface area contributed by atoms with Crippen LogP contribution in [-0.4, -0.2) is 33.1 Å². The Morgan fingerprint density at radius 1 is 1.10 bits per heavy atom. The molecule has 0 fully saturated rings. The van der Waals surface area contributed by atoms with E-state index >= 15 is 0 Å². The van der Waals surface area contributed by atoms with Crippen LogP contribution in [0.4, 0.5) is 5.69 Å². The Bertz CT molecular complexity index is 1080. The number of hydrogen-bond donors (Lipinski definition) is 3. The number of nitrogens with zero attached hydrogens (tertiary/aromatic N) is 2. The highest BCUT2D eigenvalue weighted by atomic mass is 35.5. The molecule has 0 aliphatic heterocycles. The molecule has 1 aromatic heterocycles. The quantitative estimate of drug-likeness (QED) is 0.522. The maximum Gasteiger partial charge on any atom is 0.243 e. The van der Waals surface area contributed by atoms with Crippen molar-refractivity contribution in [1.82, 2.24) is 20.1 Å². The number of amides is 2. The zero-order valence-corrected chi connectivity index (χ0v) is 17.5. The van der Waals surface area contributed by atoms with Crippen LogP contribution in [0.25, 0.3) is 11.4 Å². The van der Waals surface area contributed by atoms with Crippen LogP contribution in [0.15, 0.2) is 42.5 Å². The number of rotatable bonds is 6. The smallest absolute Gasteiger partial charge is 0.243 e. The van der Waals surface area contributed by atoms with E-state index in [0.29, 0.717) is 15.6 Å². The first-order valence-corrected chi connectivity index (χ1v) is 9.67. The molecule has 0 spiro atoms. The van der Waals surface area contributed by atoms with Crippen LogP contribution in [0, 0.1) is 18.6 Å². The summed E-state index contributed by atoms with van der Waals surface area (Å²) in [4.78, 5) is 24.6. The fourth-order valence-corrected chi connectivity index (χ4v) is 3.18. The summed E-state index contributed by atoms with van der Waals surface area (Å²) < 4.78 is 1.88. The summed E-state index contributed by atoms with van der Waals surface area (Å²) in [5, 5.41) is 12.9. The Labute approximate surface area is 178 Å². The Morgan fingerprint density at radius 2 is 1.76 bits per heavy atom. The minimum absolute atomic E-state index is 0.0655. The highest BCUT2D eigenvalue weighted by molar-refractivity contribution is 7.71. The molecule has 0 atom stereocenters. The van der Waals surface area contributed by atoms with Gasteiger partial charge in [0, 0.05) is 16.3 Å². The standard InChI is InChI=1S/C20H20ClN5O2S/c1-12-4-3-5-13(2)18(12)23-16(27)10-22-17(28)11-26-19(24-25-20(26)29)14-6-8-15(21)9-7-14/h3-9H,10-11H2,1-2H3,(H,22,28)(H,23,27)(H,25,29). The lowest BCUT2D eigenvalue weighted by atomic mass is 10.1. The second-order valence-electron chi connectivity index (χ2n) is 6.54. The molecule has 0 saturated carbocycles. The Hall–Kier alpha value is -2.97. The third-order valence-corrected chi connectivity index (χ3v) is 4.92. The number of aryl methyl sites for hydroxylation is 2. The Kier molecular flexibility index (Phi) is 6.46. The normalized spacial score (nSPS) is 10.6. The maximum absolute atomic E-state index is 12.4. The van der Waals surface area contributed by atoms with Crippen LogP contribution in [0.5, 0.6) is 0 Å². The predicted octanol–water partition coefficient (Wildman–Crippen LogP) is 3.63. The molecule has 0 bridgehead atoms. The molecule has 0 aliphatic carbocycles. The molecule has 9 heteroatoms. The summed E-state index contributed by atoms with van der Waals surface area (Å²) in [5.41, 5.74) is 3.44. The molecule has 3 rings (SSSR count). The highest BCUT2D eigenvalue weighted by Gasteiger charge is 2.14. The van der Waals surface area contributed by atoms with Gasteiger partial charge in [0.1, 0.15) is 6.54 Å². The number of carbonyl (C=O) groups excluding carboxylic acids is 2. The monoisotopic (exact) mass is 429 g/mol. The average Bonchev–Trinajstić information content (AvgIpc) is 3.04. The Morgan fingerprint density at radius 3 is 2.41 bits per heavy atom. The highest BCUT2D eigenvalue weighted by Crippen LogP contribution is 2.20. The van der Waals surface area contributed by atoms with E-state index in [1.54, 1.807) is 28.8 Å².